The normalized spacial score (nSPS) is 17.6. The molecule has 12 nitrogen and oxygen atoms in total. The summed E-state index contributed by atoms with van der Waals surface area (Å²) in [6.07, 6.45) is 0. The lowest BCUT2D eigenvalue weighted by Crippen LogP contribution is -2.30. The molecule has 0 saturated heterocycles. The third-order valence-corrected chi connectivity index (χ3v) is 5.81. The van der Waals surface area contributed by atoms with Gasteiger partial charge in [-0.2, -0.15) is 37.2 Å². The fourth-order valence-electron chi connectivity index (χ4n) is 2.66. The molecule has 1 atom stereocenters. The summed E-state index contributed by atoms with van der Waals surface area (Å²) in [5.74, 6) is -0.787. The first kappa shape index (κ1) is 21.5. The molecule has 0 aromatic heterocycles. The smallest absolute Gasteiger partial charge is 0.296 e. The van der Waals surface area contributed by atoms with Crippen molar-refractivity contribution >= 4 is 48.9 Å². The number of hydrazone groups is 1. The van der Waals surface area contributed by atoms with E-state index in [9.17, 15) is 30.7 Å². The molecule has 0 fully saturated rings. The van der Waals surface area contributed by atoms with Gasteiger partial charge in [0.1, 0.15) is 15.5 Å². The Labute approximate surface area is 171 Å². The van der Waals surface area contributed by atoms with Gasteiger partial charge in [0.25, 0.3) is 26.1 Å². The zero-order valence-corrected chi connectivity index (χ0v) is 16.9. The van der Waals surface area contributed by atoms with Crippen LogP contribution in [-0.4, -0.2) is 43.6 Å². The average Bonchev–Trinajstić information content (AvgIpc) is 2.92. The molecule has 158 valence electrons. The number of anilines is 2. The third-order valence-electron chi connectivity index (χ3n) is 4.01. The molecular formula is C16H15N5O7S2. The number of nitrogen functional groups attached to an aromatic ring is 1. The van der Waals surface area contributed by atoms with Crippen LogP contribution in [0.4, 0.5) is 17.1 Å². The quantitative estimate of drug-likeness (QED) is 0.345. The topological polar surface area (TPSA) is 192 Å². The molecule has 2 aromatic rings. The van der Waals surface area contributed by atoms with Crippen molar-refractivity contribution in [2.24, 2.45) is 15.3 Å². The number of hydrogen-bond acceptors (Lipinski definition) is 9. The van der Waals surface area contributed by atoms with Crippen LogP contribution in [0.5, 0.6) is 0 Å². The van der Waals surface area contributed by atoms with E-state index in [0.29, 0.717) is 0 Å². The number of nitrogens with two attached hydrogens (primary N) is 1. The van der Waals surface area contributed by atoms with Crippen LogP contribution in [0.1, 0.15) is 6.92 Å². The molecule has 3 rings (SSSR count). The van der Waals surface area contributed by atoms with Crippen molar-refractivity contribution in [1.29, 1.82) is 0 Å². The first-order chi connectivity index (χ1) is 13.9. The second-order valence-corrected chi connectivity index (χ2v) is 8.93. The van der Waals surface area contributed by atoms with E-state index in [4.69, 9.17) is 5.73 Å². The molecule has 1 aliphatic heterocycles. The van der Waals surface area contributed by atoms with Gasteiger partial charge in [-0.3, -0.25) is 13.9 Å². The molecule has 0 radical (unpaired) electrons. The first-order valence-electron chi connectivity index (χ1n) is 8.13. The molecule has 1 amide bonds. The number of rotatable bonds is 5. The molecule has 1 heterocycles. The number of carbonyl (C=O) groups is 1. The second kappa shape index (κ2) is 7.56. The summed E-state index contributed by atoms with van der Waals surface area (Å²) in [5, 5.41) is 12.3. The number of amides is 1. The minimum atomic E-state index is -4.64. The summed E-state index contributed by atoms with van der Waals surface area (Å²) in [4.78, 5) is 11.7. The van der Waals surface area contributed by atoms with Gasteiger partial charge in [0.05, 0.1) is 11.4 Å². The molecule has 30 heavy (non-hydrogen) atoms. The molecule has 14 heteroatoms. The summed E-state index contributed by atoms with van der Waals surface area (Å²) in [7, 11) is -9.26. The fraction of sp³-hybridized carbons (Fsp3) is 0.125. The highest BCUT2D eigenvalue weighted by Gasteiger charge is 2.37. The van der Waals surface area contributed by atoms with Gasteiger partial charge in [-0.25, -0.2) is 0 Å². The highest BCUT2D eigenvalue weighted by Crippen LogP contribution is 2.31. The SMILES string of the molecule is CC1=NN(c2ccccc2S(=O)(=O)O)C(=O)C1N=Nc1cc(N)ccc1S(=O)(=O)O. The van der Waals surface area contributed by atoms with Gasteiger partial charge in [0.15, 0.2) is 6.04 Å². The predicted molar refractivity (Wildman–Crippen MR) is 106 cm³/mol. The Morgan fingerprint density at radius 1 is 1.03 bits per heavy atom. The predicted octanol–water partition coefficient (Wildman–Crippen LogP) is 1.64. The van der Waals surface area contributed by atoms with Gasteiger partial charge < -0.3 is 5.73 Å². The monoisotopic (exact) mass is 453 g/mol. The third kappa shape index (κ3) is 4.20. The van der Waals surface area contributed by atoms with Crippen molar-refractivity contribution in [2.75, 3.05) is 10.7 Å². The van der Waals surface area contributed by atoms with Crippen LogP contribution in [0.15, 0.2) is 67.6 Å². The summed E-state index contributed by atoms with van der Waals surface area (Å²) in [6, 6.07) is 7.29. The maximum Gasteiger partial charge on any atom is 0.296 e. The van der Waals surface area contributed by atoms with Crippen LogP contribution in [0.2, 0.25) is 0 Å². The standard InChI is InChI=1S/C16H15N5O7S2/c1-9-15(19-18-11-8-10(17)6-7-13(11)29(23,24)25)16(22)21(20-9)12-4-2-3-5-14(12)30(26,27)28/h2-8,15H,17H2,1H3,(H,23,24,25)(H,26,27,28). The van der Waals surface area contributed by atoms with Crippen LogP contribution in [-0.2, 0) is 25.0 Å². The van der Waals surface area contributed by atoms with E-state index in [-0.39, 0.29) is 22.8 Å². The highest BCUT2D eigenvalue weighted by atomic mass is 32.2. The molecule has 1 aliphatic rings. The van der Waals surface area contributed by atoms with Crippen molar-refractivity contribution in [3.63, 3.8) is 0 Å². The van der Waals surface area contributed by atoms with Crippen molar-refractivity contribution in [1.82, 2.24) is 0 Å². The Morgan fingerprint density at radius 3 is 2.30 bits per heavy atom. The molecular weight excluding hydrogens is 438 g/mol. The van der Waals surface area contributed by atoms with E-state index in [1.165, 1.54) is 31.2 Å². The van der Waals surface area contributed by atoms with Gasteiger partial charge in [0.2, 0.25) is 0 Å². The van der Waals surface area contributed by atoms with Crippen molar-refractivity contribution in [3.8, 4) is 0 Å². The fourth-order valence-corrected chi connectivity index (χ4v) is 3.94. The van der Waals surface area contributed by atoms with Gasteiger partial charge >= 0.3 is 0 Å². The Bertz CT molecular complexity index is 1300. The Balaban J connectivity index is 1.99. The number of para-hydroxylation sites is 1. The maximum absolute atomic E-state index is 12.8. The Kier molecular flexibility index (Phi) is 5.42. The lowest BCUT2D eigenvalue weighted by Gasteiger charge is -2.15. The Hall–Kier alpha value is -3.20. The molecule has 1 unspecified atom stereocenters. The molecule has 0 aliphatic carbocycles. The summed E-state index contributed by atoms with van der Waals surface area (Å²) >= 11 is 0. The highest BCUT2D eigenvalue weighted by molar-refractivity contribution is 7.86. The number of hydrogen-bond donors (Lipinski definition) is 3. The van der Waals surface area contributed by atoms with E-state index in [1.807, 2.05) is 0 Å². The first-order valence-corrected chi connectivity index (χ1v) is 11.0. The lowest BCUT2D eigenvalue weighted by molar-refractivity contribution is -0.117. The number of azo groups is 1. The molecule has 0 spiro atoms. The van der Waals surface area contributed by atoms with Crippen molar-refractivity contribution < 1.29 is 30.7 Å². The second-order valence-electron chi connectivity index (χ2n) is 6.15. The summed E-state index contributed by atoms with van der Waals surface area (Å²) in [5.41, 5.74) is 5.39. The van der Waals surface area contributed by atoms with Crippen LogP contribution in [0.3, 0.4) is 0 Å². The van der Waals surface area contributed by atoms with Crippen LogP contribution in [0, 0.1) is 0 Å². The van der Waals surface area contributed by atoms with E-state index in [0.717, 1.165) is 23.2 Å². The average molecular weight is 453 g/mol. The maximum atomic E-state index is 12.8. The van der Waals surface area contributed by atoms with Gasteiger partial charge in [0, 0.05) is 5.69 Å². The van der Waals surface area contributed by atoms with Crippen LogP contribution in [0.25, 0.3) is 0 Å². The van der Waals surface area contributed by atoms with Gasteiger partial charge in [-0.1, -0.05) is 12.1 Å². The minimum Gasteiger partial charge on any atom is -0.399 e. The number of carbonyl (C=O) groups excluding carboxylic acids is 1. The molecule has 0 bridgehead atoms. The molecule has 0 saturated carbocycles. The van der Waals surface area contributed by atoms with Crippen molar-refractivity contribution in [3.05, 3.63) is 42.5 Å². The van der Waals surface area contributed by atoms with Crippen LogP contribution >= 0.6 is 0 Å². The lowest BCUT2D eigenvalue weighted by atomic mass is 10.2. The van der Waals surface area contributed by atoms with Gasteiger partial charge in [-0.05, 0) is 37.3 Å². The van der Waals surface area contributed by atoms with Crippen LogP contribution < -0.4 is 10.7 Å². The molecule has 2 aromatic carbocycles. The van der Waals surface area contributed by atoms with E-state index >= 15 is 0 Å². The van der Waals surface area contributed by atoms with E-state index in [2.05, 4.69) is 15.3 Å². The van der Waals surface area contributed by atoms with E-state index in [1.54, 1.807) is 0 Å². The van der Waals surface area contributed by atoms with Gasteiger partial charge in [-0.15, -0.1) is 0 Å². The van der Waals surface area contributed by atoms with Crippen molar-refractivity contribution in [2.45, 2.75) is 22.8 Å². The summed E-state index contributed by atoms with van der Waals surface area (Å²) < 4.78 is 64.9. The number of benzene rings is 2. The summed E-state index contributed by atoms with van der Waals surface area (Å²) in [6.45, 7) is 1.43. The zero-order valence-electron chi connectivity index (χ0n) is 15.2. The number of nitrogens with zero attached hydrogens (tertiary/aromatic N) is 4. The largest absolute Gasteiger partial charge is 0.399 e. The van der Waals surface area contributed by atoms with E-state index < -0.39 is 42.0 Å². The Morgan fingerprint density at radius 2 is 1.67 bits per heavy atom. The zero-order chi connectivity index (χ0) is 22.3. The minimum absolute atomic E-state index is 0.131. The molecule has 4 N–H and O–H groups in total.